The highest BCUT2D eigenvalue weighted by atomic mass is 35.5. The van der Waals surface area contributed by atoms with Gasteiger partial charge in [-0.15, -0.1) is 0 Å². The molecule has 1 fully saturated rings. The first-order valence-corrected chi connectivity index (χ1v) is 11.6. The lowest BCUT2D eigenvalue weighted by Crippen LogP contribution is -2.43. The van der Waals surface area contributed by atoms with Gasteiger partial charge in [-0.2, -0.15) is 5.10 Å². The van der Waals surface area contributed by atoms with Crippen molar-refractivity contribution < 1.29 is 18.7 Å². The molecule has 0 spiro atoms. The van der Waals surface area contributed by atoms with E-state index in [1.54, 1.807) is 19.1 Å². The molecule has 0 aromatic heterocycles. The molecule has 1 atom stereocenters. The maximum absolute atomic E-state index is 14.0. The number of rotatable bonds is 6. The first kappa shape index (κ1) is 23.4. The first-order valence-electron chi connectivity index (χ1n) is 11.2. The zero-order valence-electron chi connectivity index (χ0n) is 18.5. The summed E-state index contributed by atoms with van der Waals surface area (Å²) in [5, 5.41) is 6.66. The van der Waals surface area contributed by atoms with Gasteiger partial charge in [-0.25, -0.2) is 9.40 Å². The Morgan fingerprint density at radius 2 is 1.91 bits per heavy atom. The molecule has 1 amide bonds. The van der Waals surface area contributed by atoms with E-state index < -0.39 is 6.04 Å². The molecule has 0 radical (unpaired) electrons. The highest BCUT2D eigenvalue weighted by molar-refractivity contribution is 6.34. The van der Waals surface area contributed by atoms with Crippen molar-refractivity contribution in [2.24, 2.45) is 11.0 Å². The molecule has 2 aromatic carbocycles. The summed E-state index contributed by atoms with van der Waals surface area (Å²) >= 11 is 6.38. The third-order valence-electron chi connectivity index (χ3n) is 6.15. The van der Waals surface area contributed by atoms with Gasteiger partial charge in [0.15, 0.2) is 0 Å². The summed E-state index contributed by atoms with van der Waals surface area (Å²) in [5.41, 5.74) is 2.16. The first-order chi connectivity index (χ1) is 16.0. The number of hydrogen-bond donors (Lipinski definition) is 0. The van der Waals surface area contributed by atoms with Crippen molar-refractivity contribution >= 4 is 29.2 Å². The molecular formula is C25H27ClFN3O3. The number of likely N-dealkylation sites (tertiary alicyclic amines) is 1. The quantitative estimate of drug-likeness (QED) is 0.585. The molecule has 4 rings (SSSR count). The van der Waals surface area contributed by atoms with Crippen LogP contribution in [0, 0.1) is 11.7 Å². The smallest absolute Gasteiger partial charge is 0.309 e. The van der Waals surface area contributed by atoms with Gasteiger partial charge in [-0.05, 0) is 56.6 Å². The number of benzene rings is 2. The molecule has 1 saturated heterocycles. The van der Waals surface area contributed by atoms with Crippen molar-refractivity contribution in [2.45, 2.75) is 32.2 Å². The van der Waals surface area contributed by atoms with Gasteiger partial charge in [0.25, 0.3) is 5.91 Å². The van der Waals surface area contributed by atoms with Gasteiger partial charge in [0.2, 0.25) is 0 Å². The molecule has 2 aliphatic heterocycles. The van der Waals surface area contributed by atoms with E-state index in [9.17, 15) is 14.0 Å². The van der Waals surface area contributed by atoms with E-state index in [1.165, 1.54) is 17.1 Å². The SMILES string of the molecule is CCOC(=O)C1CCN(CC(=O)N2N=C(c3ccccc3Cl)C[C@@H]2c2cccc(F)c2)CC1. The van der Waals surface area contributed by atoms with Crippen molar-refractivity contribution in [3.05, 3.63) is 70.5 Å². The molecule has 0 saturated carbocycles. The summed E-state index contributed by atoms with van der Waals surface area (Å²) in [4.78, 5) is 27.3. The molecule has 0 unspecified atom stereocenters. The number of nitrogens with zero attached hydrogens (tertiary/aromatic N) is 3. The normalized spacial score (nSPS) is 19.4. The van der Waals surface area contributed by atoms with Gasteiger partial charge in [0.1, 0.15) is 5.82 Å². The molecule has 0 bridgehead atoms. The summed E-state index contributed by atoms with van der Waals surface area (Å²) in [6.45, 7) is 3.62. The van der Waals surface area contributed by atoms with Crippen LogP contribution >= 0.6 is 11.6 Å². The Bertz CT molecular complexity index is 1050. The highest BCUT2D eigenvalue weighted by Crippen LogP contribution is 2.35. The van der Waals surface area contributed by atoms with Crippen LogP contribution in [0.25, 0.3) is 0 Å². The second kappa shape index (κ2) is 10.4. The second-order valence-electron chi connectivity index (χ2n) is 8.34. The van der Waals surface area contributed by atoms with Crippen molar-refractivity contribution in [2.75, 3.05) is 26.2 Å². The molecule has 2 aliphatic rings. The molecule has 0 aliphatic carbocycles. The zero-order valence-corrected chi connectivity index (χ0v) is 19.3. The van der Waals surface area contributed by atoms with Gasteiger partial charge < -0.3 is 4.74 Å². The molecule has 2 aromatic rings. The third kappa shape index (κ3) is 5.42. The Kier molecular flexibility index (Phi) is 7.40. The number of ether oxygens (including phenoxy) is 1. The lowest BCUT2D eigenvalue weighted by atomic mass is 9.97. The fraction of sp³-hybridized carbons (Fsp3) is 0.400. The van der Waals surface area contributed by atoms with Crippen molar-refractivity contribution in [1.29, 1.82) is 0 Å². The van der Waals surface area contributed by atoms with Crippen molar-refractivity contribution in [1.82, 2.24) is 9.91 Å². The monoisotopic (exact) mass is 471 g/mol. The Balaban J connectivity index is 1.50. The number of amides is 1. The minimum Gasteiger partial charge on any atom is -0.466 e. The maximum Gasteiger partial charge on any atom is 0.309 e. The number of carbonyl (C=O) groups excluding carboxylic acids is 2. The molecule has 33 heavy (non-hydrogen) atoms. The van der Waals surface area contributed by atoms with Crippen LogP contribution < -0.4 is 0 Å². The van der Waals surface area contributed by atoms with Gasteiger partial charge in [-0.3, -0.25) is 14.5 Å². The lowest BCUT2D eigenvalue weighted by molar-refractivity contribution is -0.149. The fourth-order valence-electron chi connectivity index (χ4n) is 4.42. The largest absolute Gasteiger partial charge is 0.466 e. The van der Waals surface area contributed by atoms with E-state index in [1.807, 2.05) is 29.2 Å². The number of piperidine rings is 1. The van der Waals surface area contributed by atoms with Crippen molar-refractivity contribution in [3.8, 4) is 0 Å². The third-order valence-corrected chi connectivity index (χ3v) is 6.48. The van der Waals surface area contributed by atoms with Crippen LogP contribution in [0.3, 0.4) is 0 Å². The topological polar surface area (TPSA) is 62.2 Å². The van der Waals surface area contributed by atoms with E-state index in [2.05, 4.69) is 5.10 Å². The number of carbonyl (C=O) groups is 2. The average Bonchev–Trinajstić information content (AvgIpc) is 3.25. The Labute approximate surface area is 198 Å². The van der Waals surface area contributed by atoms with Crippen LogP contribution in [0.2, 0.25) is 5.02 Å². The number of hydrazone groups is 1. The summed E-state index contributed by atoms with van der Waals surface area (Å²) < 4.78 is 19.1. The predicted molar refractivity (Wildman–Crippen MR) is 124 cm³/mol. The molecule has 6 nitrogen and oxygen atoms in total. The molecule has 174 valence electrons. The molecule has 2 heterocycles. The van der Waals surface area contributed by atoms with Gasteiger partial charge >= 0.3 is 5.97 Å². The van der Waals surface area contributed by atoms with E-state index in [0.717, 1.165) is 5.56 Å². The standard InChI is InChI=1S/C25H27ClFN3O3/c1-2-33-25(32)17-10-12-29(13-11-17)16-24(31)30-23(18-6-5-7-19(27)14-18)15-22(28-30)20-8-3-4-9-21(20)26/h3-9,14,17,23H,2,10-13,15-16H2,1H3/t23-/m1/s1. The minimum atomic E-state index is -0.406. The van der Waals surface area contributed by atoms with Gasteiger partial charge in [0.05, 0.1) is 30.8 Å². The number of halogens is 2. The number of esters is 1. The lowest BCUT2D eigenvalue weighted by Gasteiger charge is -2.31. The maximum atomic E-state index is 14.0. The number of hydrogen-bond acceptors (Lipinski definition) is 5. The van der Waals surface area contributed by atoms with E-state index in [4.69, 9.17) is 16.3 Å². The minimum absolute atomic E-state index is 0.118. The summed E-state index contributed by atoms with van der Waals surface area (Å²) in [6, 6.07) is 13.2. The predicted octanol–water partition coefficient (Wildman–Crippen LogP) is 4.43. The zero-order chi connectivity index (χ0) is 23.4. The van der Waals surface area contributed by atoms with Gasteiger partial charge in [0, 0.05) is 17.0 Å². The average molecular weight is 472 g/mol. The Morgan fingerprint density at radius 3 is 2.61 bits per heavy atom. The van der Waals surface area contributed by atoms with Crippen LogP contribution in [0.4, 0.5) is 4.39 Å². The summed E-state index contributed by atoms with van der Waals surface area (Å²) in [7, 11) is 0. The Morgan fingerprint density at radius 1 is 1.15 bits per heavy atom. The molecular weight excluding hydrogens is 445 g/mol. The van der Waals surface area contributed by atoms with E-state index in [-0.39, 0.29) is 30.2 Å². The van der Waals surface area contributed by atoms with Gasteiger partial charge in [-0.1, -0.05) is 41.9 Å². The van der Waals surface area contributed by atoms with Crippen molar-refractivity contribution in [3.63, 3.8) is 0 Å². The van der Waals surface area contributed by atoms with E-state index in [0.29, 0.717) is 55.3 Å². The fourth-order valence-corrected chi connectivity index (χ4v) is 4.67. The van der Waals surface area contributed by atoms with Crippen LogP contribution in [0.1, 0.15) is 43.4 Å². The summed E-state index contributed by atoms with van der Waals surface area (Å²) in [5.74, 6) is -0.802. The summed E-state index contributed by atoms with van der Waals surface area (Å²) in [6.07, 6.45) is 1.77. The molecule has 0 N–H and O–H groups in total. The highest BCUT2D eigenvalue weighted by Gasteiger charge is 2.35. The Hall–Kier alpha value is -2.77. The van der Waals surface area contributed by atoms with Crippen LogP contribution in [0.5, 0.6) is 0 Å². The second-order valence-corrected chi connectivity index (χ2v) is 8.75. The van der Waals surface area contributed by atoms with E-state index >= 15 is 0 Å². The molecule has 8 heteroatoms. The van der Waals surface area contributed by atoms with Crippen LogP contribution in [-0.4, -0.2) is 53.7 Å². The van der Waals surface area contributed by atoms with Crippen LogP contribution in [0.15, 0.2) is 53.6 Å². The van der Waals surface area contributed by atoms with Crippen LogP contribution in [-0.2, 0) is 14.3 Å².